The number of nitrogens with one attached hydrogen (secondary N) is 1. The molecule has 2 atom stereocenters. The van der Waals surface area contributed by atoms with E-state index in [-0.39, 0.29) is 0 Å². The second-order valence-electron chi connectivity index (χ2n) is 6.01. The van der Waals surface area contributed by atoms with Gasteiger partial charge in [-0.3, -0.25) is 0 Å². The van der Waals surface area contributed by atoms with Gasteiger partial charge >= 0.3 is 0 Å². The minimum atomic E-state index is 0.664. The third kappa shape index (κ3) is 3.18. The number of hydrogen-bond acceptors (Lipinski definition) is 2. The van der Waals surface area contributed by atoms with Crippen molar-refractivity contribution in [1.82, 2.24) is 0 Å². The van der Waals surface area contributed by atoms with Crippen molar-refractivity contribution in [3.8, 4) is 0 Å². The van der Waals surface area contributed by atoms with Gasteiger partial charge in [-0.15, -0.1) is 0 Å². The Labute approximate surface area is 111 Å². The van der Waals surface area contributed by atoms with E-state index in [0.717, 1.165) is 5.92 Å². The molecule has 1 fully saturated rings. The number of aryl methyl sites for hydroxylation is 1. The van der Waals surface area contributed by atoms with Crippen LogP contribution >= 0.6 is 0 Å². The highest BCUT2D eigenvalue weighted by molar-refractivity contribution is 5.60. The van der Waals surface area contributed by atoms with Crippen LogP contribution < -0.4 is 10.2 Å². The molecule has 1 aromatic carbocycles. The zero-order valence-electron chi connectivity index (χ0n) is 12.2. The monoisotopic (exact) mass is 246 g/mol. The van der Waals surface area contributed by atoms with Crippen molar-refractivity contribution in [3.63, 3.8) is 0 Å². The van der Waals surface area contributed by atoms with Gasteiger partial charge < -0.3 is 10.2 Å². The van der Waals surface area contributed by atoms with Crippen LogP contribution in [0.25, 0.3) is 0 Å². The Morgan fingerprint density at radius 1 is 1.22 bits per heavy atom. The number of benzene rings is 1. The third-order valence-electron chi connectivity index (χ3n) is 4.02. The van der Waals surface area contributed by atoms with Gasteiger partial charge in [-0.25, -0.2) is 0 Å². The third-order valence-corrected chi connectivity index (χ3v) is 4.02. The molecule has 1 aromatic rings. The van der Waals surface area contributed by atoms with E-state index in [1.54, 1.807) is 0 Å². The maximum atomic E-state index is 3.73. The highest BCUT2D eigenvalue weighted by Gasteiger charge is 2.18. The molecule has 18 heavy (non-hydrogen) atoms. The van der Waals surface area contributed by atoms with Crippen LogP contribution in [-0.4, -0.2) is 20.1 Å². The first-order valence-corrected chi connectivity index (χ1v) is 7.11. The summed E-state index contributed by atoms with van der Waals surface area (Å²) >= 11 is 0. The molecule has 0 aromatic heterocycles. The summed E-state index contributed by atoms with van der Waals surface area (Å²) < 4.78 is 0. The number of nitrogens with zero attached hydrogens (tertiary/aromatic N) is 1. The van der Waals surface area contributed by atoms with Crippen molar-refractivity contribution < 1.29 is 0 Å². The van der Waals surface area contributed by atoms with Crippen molar-refractivity contribution in [2.45, 2.75) is 45.6 Å². The van der Waals surface area contributed by atoms with E-state index in [9.17, 15) is 0 Å². The molecular weight excluding hydrogens is 220 g/mol. The summed E-state index contributed by atoms with van der Waals surface area (Å²) in [5.41, 5.74) is 3.93. The SMILES string of the molecule is Cc1cc(N(C)C)ccc1NC1CCCC(C)C1. The molecule has 0 spiro atoms. The molecule has 1 N–H and O–H groups in total. The van der Waals surface area contributed by atoms with Crippen molar-refractivity contribution >= 4 is 11.4 Å². The minimum absolute atomic E-state index is 0.664. The zero-order chi connectivity index (χ0) is 13.1. The summed E-state index contributed by atoms with van der Waals surface area (Å²) in [4.78, 5) is 2.15. The molecule has 0 saturated heterocycles. The van der Waals surface area contributed by atoms with Gasteiger partial charge in [-0.1, -0.05) is 19.8 Å². The predicted molar refractivity (Wildman–Crippen MR) is 80.5 cm³/mol. The van der Waals surface area contributed by atoms with Crippen LogP contribution in [0.1, 0.15) is 38.2 Å². The zero-order valence-corrected chi connectivity index (χ0v) is 12.2. The van der Waals surface area contributed by atoms with Gasteiger partial charge in [0.1, 0.15) is 0 Å². The lowest BCUT2D eigenvalue weighted by Crippen LogP contribution is -2.26. The number of rotatable bonds is 3. The second-order valence-corrected chi connectivity index (χ2v) is 6.01. The lowest BCUT2D eigenvalue weighted by Gasteiger charge is -2.29. The fraction of sp³-hybridized carbons (Fsp3) is 0.625. The molecule has 1 aliphatic carbocycles. The molecule has 0 radical (unpaired) electrons. The summed E-state index contributed by atoms with van der Waals surface area (Å²) in [5, 5.41) is 3.73. The van der Waals surface area contributed by atoms with Gasteiger partial charge in [0, 0.05) is 31.5 Å². The van der Waals surface area contributed by atoms with E-state index in [2.05, 4.69) is 56.4 Å². The lowest BCUT2D eigenvalue weighted by molar-refractivity contribution is 0.358. The summed E-state index contributed by atoms with van der Waals surface area (Å²) in [6.07, 6.45) is 5.40. The molecule has 1 saturated carbocycles. The van der Waals surface area contributed by atoms with Gasteiger partial charge in [0.15, 0.2) is 0 Å². The molecule has 0 amide bonds. The van der Waals surface area contributed by atoms with Gasteiger partial charge in [0.2, 0.25) is 0 Å². The molecule has 2 rings (SSSR count). The lowest BCUT2D eigenvalue weighted by atomic mass is 9.87. The first-order valence-electron chi connectivity index (χ1n) is 7.11. The summed E-state index contributed by atoms with van der Waals surface area (Å²) in [6.45, 7) is 4.57. The molecule has 0 aliphatic heterocycles. The summed E-state index contributed by atoms with van der Waals surface area (Å²) in [5.74, 6) is 0.873. The molecule has 2 nitrogen and oxygen atoms in total. The highest BCUT2D eigenvalue weighted by Crippen LogP contribution is 2.28. The van der Waals surface area contributed by atoms with Crippen LogP contribution in [0.15, 0.2) is 18.2 Å². The van der Waals surface area contributed by atoms with Crippen molar-refractivity contribution in [2.24, 2.45) is 5.92 Å². The molecule has 0 heterocycles. The van der Waals surface area contributed by atoms with E-state index in [4.69, 9.17) is 0 Å². The van der Waals surface area contributed by atoms with Crippen molar-refractivity contribution in [3.05, 3.63) is 23.8 Å². The Morgan fingerprint density at radius 2 is 2.00 bits per heavy atom. The van der Waals surface area contributed by atoms with Crippen LogP contribution in [0, 0.1) is 12.8 Å². The summed E-state index contributed by atoms with van der Waals surface area (Å²) in [7, 11) is 4.18. The molecule has 2 unspecified atom stereocenters. The summed E-state index contributed by atoms with van der Waals surface area (Å²) in [6, 6.07) is 7.35. The van der Waals surface area contributed by atoms with Crippen molar-refractivity contribution in [1.29, 1.82) is 0 Å². The fourth-order valence-corrected chi connectivity index (χ4v) is 2.87. The predicted octanol–water partition coefficient (Wildman–Crippen LogP) is 4.05. The van der Waals surface area contributed by atoms with E-state index >= 15 is 0 Å². The van der Waals surface area contributed by atoms with Crippen LogP contribution in [-0.2, 0) is 0 Å². The van der Waals surface area contributed by atoms with E-state index < -0.39 is 0 Å². The number of hydrogen-bond donors (Lipinski definition) is 1. The van der Waals surface area contributed by atoms with E-state index in [1.165, 1.54) is 42.6 Å². The van der Waals surface area contributed by atoms with Gasteiger partial charge in [-0.05, 0) is 49.4 Å². The molecule has 1 aliphatic rings. The Morgan fingerprint density at radius 3 is 2.61 bits per heavy atom. The van der Waals surface area contributed by atoms with Crippen LogP contribution in [0.5, 0.6) is 0 Å². The first-order chi connectivity index (χ1) is 8.56. The van der Waals surface area contributed by atoms with Gasteiger partial charge in [0.25, 0.3) is 0 Å². The van der Waals surface area contributed by atoms with Crippen molar-refractivity contribution in [2.75, 3.05) is 24.3 Å². The van der Waals surface area contributed by atoms with Gasteiger partial charge in [-0.2, -0.15) is 0 Å². The molecule has 100 valence electrons. The largest absolute Gasteiger partial charge is 0.382 e. The fourth-order valence-electron chi connectivity index (χ4n) is 2.87. The average molecular weight is 246 g/mol. The number of anilines is 2. The van der Waals surface area contributed by atoms with Crippen LogP contribution in [0.4, 0.5) is 11.4 Å². The quantitative estimate of drug-likeness (QED) is 0.865. The standard InChI is InChI=1S/C16H26N2/c1-12-6-5-7-14(10-12)17-16-9-8-15(18(3)4)11-13(16)2/h8-9,11-12,14,17H,5-7,10H2,1-4H3. The van der Waals surface area contributed by atoms with E-state index in [0.29, 0.717) is 6.04 Å². The first kappa shape index (κ1) is 13.3. The molecule has 0 bridgehead atoms. The Bertz CT molecular complexity index is 398. The van der Waals surface area contributed by atoms with Crippen LogP contribution in [0.3, 0.4) is 0 Å². The Hall–Kier alpha value is -1.18. The van der Waals surface area contributed by atoms with Crippen LogP contribution in [0.2, 0.25) is 0 Å². The second kappa shape index (κ2) is 5.64. The average Bonchev–Trinajstić information content (AvgIpc) is 2.31. The topological polar surface area (TPSA) is 15.3 Å². The minimum Gasteiger partial charge on any atom is -0.382 e. The highest BCUT2D eigenvalue weighted by atomic mass is 15.1. The van der Waals surface area contributed by atoms with E-state index in [1.807, 2.05) is 0 Å². The maximum Gasteiger partial charge on any atom is 0.0373 e. The molecule has 2 heteroatoms. The van der Waals surface area contributed by atoms with Gasteiger partial charge in [0.05, 0.1) is 0 Å². The Balaban J connectivity index is 2.05. The molecular formula is C16H26N2. The Kier molecular flexibility index (Phi) is 4.15. The normalized spacial score (nSPS) is 23.8. The smallest absolute Gasteiger partial charge is 0.0373 e. The maximum absolute atomic E-state index is 3.73.